The maximum absolute atomic E-state index is 13.4. The Morgan fingerprint density at radius 3 is 2.61 bits per heavy atom. The van der Waals surface area contributed by atoms with Gasteiger partial charge in [0.25, 0.3) is 0 Å². The van der Waals surface area contributed by atoms with Gasteiger partial charge in [-0.25, -0.2) is 0 Å². The van der Waals surface area contributed by atoms with Gasteiger partial charge in [0, 0.05) is 47.4 Å². The Kier molecular flexibility index (Phi) is 5.91. The molecule has 2 heterocycles. The highest BCUT2D eigenvalue weighted by molar-refractivity contribution is 5.86. The third-order valence-electron chi connectivity index (χ3n) is 5.46. The molecular formula is C23H24F3N3O2. The molecule has 0 bridgehead atoms. The zero-order valence-corrected chi connectivity index (χ0v) is 17.2. The molecule has 3 aromatic rings. The summed E-state index contributed by atoms with van der Waals surface area (Å²) in [5, 5.41) is 3.73. The van der Waals surface area contributed by atoms with Crippen LogP contribution in [-0.4, -0.2) is 31.0 Å². The summed E-state index contributed by atoms with van der Waals surface area (Å²) in [6.07, 6.45) is -2.52. The summed E-state index contributed by atoms with van der Waals surface area (Å²) < 4.78 is 42.1. The third-order valence-corrected chi connectivity index (χ3v) is 5.46. The van der Waals surface area contributed by atoms with Crippen LogP contribution in [-0.2, 0) is 6.54 Å². The van der Waals surface area contributed by atoms with Crippen molar-refractivity contribution >= 4 is 16.6 Å². The van der Waals surface area contributed by atoms with Gasteiger partial charge in [-0.15, -0.1) is 13.2 Å². The molecule has 164 valence electrons. The van der Waals surface area contributed by atoms with Crippen LogP contribution in [0.4, 0.5) is 18.9 Å². The van der Waals surface area contributed by atoms with E-state index in [1.54, 1.807) is 6.07 Å². The number of halogens is 3. The average molecular weight is 431 g/mol. The number of aromatic nitrogens is 1. The lowest BCUT2D eigenvalue weighted by Gasteiger charge is -2.19. The van der Waals surface area contributed by atoms with E-state index in [1.807, 2.05) is 25.1 Å². The predicted octanol–water partition coefficient (Wildman–Crippen LogP) is 4.80. The van der Waals surface area contributed by atoms with Gasteiger partial charge >= 0.3 is 6.36 Å². The van der Waals surface area contributed by atoms with Crippen LogP contribution < -0.4 is 20.4 Å². The van der Waals surface area contributed by atoms with Gasteiger partial charge in [0.05, 0.1) is 5.69 Å². The SMILES string of the molecule is CCNCc1c(-c2cccc(OC(F)(F)F)c2)[nH]c2ccc(N3CCCC3)cc2c1=O. The maximum Gasteiger partial charge on any atom is 0.573 e. The van der Waals surface area contributed by atoms with E-state index < -0.39 is 6.36 Å². The third kappa shape index (κ3) is 4.69. The molecule has 8 heteroatoms. The molecule has 1 saturated heterocycles. The second-order valence-electron chi connectivity index (χ2n) is 7.59. The van der Waals surface area contributed by atoms with Crippen molar-refractivity contribution < 1.29 is 17.9 Å². The van der Waals surface area contributed by atoms with Crippen LogP contribution in [0.5, 0.6) is 5.75 Å². The zero-order valence-electron chi connectivity index (χ0n) is 17.2. The Balaban J connectivity index is 1.83. The first kappa shape index (κ1) is 21.2. The van der Waals surface area contributed by atoms with Crippen LogP contribution >= 0.6 is 0 Å². The van der Waals surface area contributed by atoms with Crippen molar-refractivity contribution in [3.63, 3.8) is 0 Å². The number of ether oxygens (including phenoxy) is 1. The Morgan fingerprint density at radius 1 is 1.13 bits per heavy atom. The van der Waals surface area contributed by atoms with Crippen molar-refractivity contribution in [2.75, 3.05) is 24.5 Å². The first-order valence-electron chi connectivity index (χ1n) is 10.4. The minimum absolute atomic E-state index is 0.132. The number of fused-ring (bicyclic) bond motifs is 1. The second-order valence-corrected chi connectivity index (χ2v) is 7.59. The highest BCUT2D eigenvalue weighted by atomic mass is 19.4. The molecule has 4 rings (SSSR count). The number of rotatable bonds is 6. The normalized spacial score (nSPS) is 14.4. The molecule has 0 aliphatic carbocycles. The van der Waals surface area contributed by atoms with E-state index in [-0.39, 0.29) is 11.2 Å². The number of alkyl halides is 3. The smallest absolute Gasteiger partial charge is 0.406 e. The summed E-state index contributed by atoms with van der Waals surface area (Å²) in [6.45, 7) is 4.82. The van der Waals surface area contributed by atoms with Crippen molar-refractivity contribution in [1.82, 2.24) is 10.3 Å². The molecule has 5 nitrogen and oxygen atoms in total. The van der Waals surface area contributed by atoms with Gasteiger partial charge in [-0.1, -0.05) is 19.1 Å². The standard InChI is InChI=1S/C23H24F3N3O2/c1-2-27-14-19-21(15-6-5-7-17(12-15)31-23(24,25)26)28-20-9-8-16(13-18(20)22(19)30)29-10-3-4-11-29/h5-9,12-13,27H,2-4,10-11,14H2,1H3,(H,28,30). The summed E-state index contributed by atoms with van der Waals surface area (Å²) in [4.78, 5) is 19.0. The van der Waals surface area contributed by atoms with Gasteiger partial charge in [-0.3, -0.25) is 4.79 Å². The maximum atomic E-state index is 13.4. The van der Waals surface area contributed by atoms with E-state index in [9.17, 15) is 18.0 Å². The van der Waals surface area contributed by atoms with Gasteiger partial charge in [-0.05, 0) is 49.7 Å². The van der Waals surface area contributed by atoms with Crippen LogP contribution in [0.15, 0.2) is 47.3 Å². The fourth-order valence-electron chi connectivity index (χ4n) is 4.00. The van der Waals surface area contributed by atoms with Gasteiger partial charge in [0.15, 0.2) is 5.43 Å². The Morgan fingerprint density at radius 2 is 1.90 bits per heavy atom. The highest BCUT2D eigenvalue weighted by Gasteiger charge is 2.31. The quantitative estimate of drug-likeness (QED) is 0.589. The van der Waals surface area contributed by atoms with E-state index in [2.05, 4.69) is 19.9 Å². The minimum Gasteiger partial charge on any atom is -0.406 e. The first-order valence-corrected chi connectivity index (χ1v) is 10.4. The van der Waals surface area contributed by atoms with Gasteiger partial charge in [-0.2, -0.15) is 0 Å². The van der Waals surface area contributed by atoms with Crippen molar-refractivity contribution in [2.24, 2.45) is 0 Å². The van der Waals surface area contributed by atoms with Crippen molar-refractivity contribution in [3.05, 3.63) is 58.3 Å². The number of nitrogens with zero attached hydrogens (tertiary/aromatic N) is 1. The molecule has 2 N–H and O–H groups in total. The predicted molar refractivity (Wildman–Crippen MR) is 116 cm³/mol. The Bertz CT molecular complexity index is 1140. The molecular weight excluding hydrogens is 407 g/mol. The Labute approximate surface area is 177 Å². The topological polar surface area (TPSA) is 57.4 Å². The molecule has 0 atom stereocenters. The van der Waals surface area contributed by atoms with E-state index in [0.29, 0.717) is 40.8 Å². The van der Waals surface area contributed by atoms with Crippen LogP contribution in [0.1, 0.15) is 25.3 Å². The van der Waals surface area contributed by atoms with Gasteiger partial charge in [0.2, 0.25) is 0 Å². The lowest BCUT2D eigenvalue weighted by molar-refractivity contribution is -0.274. The summed E-state index contributed by atoms with van der Waals surface area (Å²) in [6, 6.07) is 11.4. The van der Waals surface area contributed by atoms with Crippen LogP contribution in [0, 0.1) is 0 Å². The monoisotopic (exact) mass is 431 g/mol. The lowest BCUT2D eigenvalue weighted by atomic mass is 10.0. The zero-order chi connectivity index (χ0) is 22.0. The van der Waals surface area contributed by atoms with E-state index in [4.69, 9.17) is 0 Å². The largest absolute Gasteiger partial charge is 0.573 e. The van der Waals surface area contributed by atoms with Gasteiger partial charge < -0.3 is 19.9 Å². The lowest BCUT2D eigenvalue weighted by Crippen LogP contribution is -2.22. The minimum atomic E-state index is -4.78. The number of hydrogen-bond acceptors (Lipinski definition) is 4. The number of hydrogen-bond donors (Lipinski definition) is 2. The molecule has 1 aliphatic rings. The number of pyridine rings is 1. The van der Waals surface area contributed by atoms with E-state index >= 15 is 0 Å². The van der Waals surface area contributed by atoms with Crippen LogP contribution in [0.3, 0.4) is 0 Å². The fraction of sp³-hybridized carbons (Fsp3) is 0.348. The van der Waals surface area contributed by atoms with Crippen LogP contribution in [0.2, 0.25) is 0 Å². The number of aromatic amines is 1. The highest BCUT2D eigenvalue weighted by Crippen LogP contribution is 2.30. The molecule has 1 fully saturated rings. The number of nitrogens with one attached hydrogen (secondary N) is 2. The molecule has 0 spiro atoms. The number of anilines is 1. The fourth-order valence-corrected chi connectivity index (χ4v) is 4.00. The average Bonchev–Trinajstić information content (AvgIpc) is 3.26. The molecule has 0 amide bonds. The number of H-pyrrole nitrogens is 1. The summed E-state index contributed by atoms with van der Waals surface area (Å²) in [5.74, 6) is -0.329. The summed E-state index contributed by atoms with van der Waals surface area (Å²) in [7, 11) is 0. The van der Waals surface area contributed by atoms with E-state index in [1.165, 1.54) is 18.2 Å². The first-order chi connectivity index (χ1) is 14.9. The van der Waals surface area contributed by atoms with Gasteiger partial charge in [0.1, 0.15) is 5.75 Å². The van der Waals surface area contributed by atoms with Crippen LogP contribution in [0.25, 0.3) is 22.2 Å². The summed E-state index contributed by atoms with van der Waals surface area (Å²) in [5.41, 5.74) is 2.95. The molecule has 0 radical (unpaired) electrons. The molecule has 1 aliphatic heterocycles. The van der Waals surface area contributed by atoms with Crippen molar-refractivity contribution in [2.45, 2.75) is 32.7 Å². The summed E-state index contributed by atoms with van der Waals surface area (Å²) >= 11 is 0. The van der Waals surface area contributed by atoms with E-state index in [0.717, 1.165) is 31.6 Å². The van der Waals surface area contributed by atoms with Crippen molar-refractivity contribution in [3.8, 4) is 17.0 Å². The van der Waals surface area contributed by atoms with Crippen molar-refractivity contribution in [1.29, 1.82) is 0 Å². The molecule has 2 aromatic carbocycles. The Hall–Kier alpha value is -3.00. The molecule has 0 unspecified atom stereocenters. The second kappa shape index (κ2) is 8.63. The number of benzene rings is 2. The molecule has 31 heavy (non-hydrogen) atoms. The molecule has 0 saturated carbocycles. The molecule has 1 aromatic heterocycles.